The van der Waals surface area contributed by atoms with Crippen molar-refractivity contribution in [2.75, 3.05) is 6.54 Å². The predicted octanol–water partition coefficient (Wildman–Crippen LogP) is 2.64. The van der Waals surface area contributed by atoms with Gasteiger partial charge in [0.25, 0.3) is 0 Å². The van der Waals surface area contributed by atoms with Crippen LogP contribution in [0, 0.1) is 23.2 Å². The van der Waals surface area contributed by atoms with Crippen molar-refractivity contribution in [1.82, 2.24) is 0 Å². The van der Waals surface area contributed by atoms with Crippen LogP contribution in [0.3, 0.4) is 0 Å². The van der Waals surface area contributed by atoms with Gasteiger partial charge in [-0.05, 0) is 49.0 Å². The van der Waals surface area contributed by atoms with Crippen molar-refractivity contribution in [1.29, 1.82) is 0 Å². The van der Waals surface area contributed by atoms with Crippen LogP contribution in [-0.4, -0.2) is 17.6 Å². The third-order valence-corrected chi connectivity index (χ3v) is 5.44. The average molecular weight is 239 g/mol. The minimum absolute atomic E-state index is 0.119. The van der Waals surface area contributed by atoms with Gasteiger partial charge in [0.05, 0.1) is 6.42 Å². The Morgan fingerprint density at radius 3 is 2.47 bits per heavy atom. The fourth-order valence-electron chi connectivity index (χ4n) is 4.49. The summed E-state index contributed by atoms with van der Waals surface area (Å²) < 4.78 is 0. The maximum atomic E-state index is 11.2. The van der Waals surface area contributed by atoms with Crippen molar-refractivity contribution in [3.63, 3.8) is 0 Å². The van der Waals surface area contributed by atoms with E-state index in [1.54, 1.807) is 0 Å². The Bertz CT molecular complexity index is 284. The molecule has 3 heteroatoms. The van der Waals surface area contributed by atoms with Gasteiger partial charge in [0.15, 0.2) is 0 Å². The maximum absolute atomic E-state index is 11.2. The van der Waals surface area contributed by atoms with Crippen molar-refractivity contribution in [2.24, 2.45) is 28.9 Å². The normalized spacial score (nSPS) is 41.2. The molecule has 0 heterocycles. The van der Waals surface area contributed by atoms with E-state index in [4.69, 9.17) is 5.73 Å². The molecule has 0 aliphatic heterocycles. The van der Waals surface area contributed by atoms with Crippen LogP contribution in [0.15, 0.2) is 0 Å². The van der Waals surface area contributed by atoms with E-state index >= 15 is 0 Å². The molecule has 0 aromatic carbocycles. The molecule has 17 heavy (non-hydrogen) atoms. The van der Waals surface area contributed by atoms with Crippen molar-refractivity contribution < 1.29 is 9.90 Å². The Balaban J connectivity index is 2.31. The third kappa shape index (κ3) is 2.22. The van der Waals surface area contributed by atoms with Gasteiger partial charge < -0.3 is 10.8 Å². The summed E-state index contributed by atoms with van der Waals surface area (Å²) in [5.74, 6) is 1.23. The summed E-state index contributed by atoms with van der Waals surface area (Å²) in [7, 11) is 0. The first-order chi connectivity index (χ1) is 8.12. The lowest BCUT2D eigenvalue weighted by Crippen LogP contribution is -2.44. The van der Waals surface area contributed by atoms with Crippen molar-refractivity contribution in [3.05, 3.63) is 0 Å². The van der Waals surface area contributed by atoms with E-state index in [-0.39, 0.29) is 11.8 Å². The first kappa shape index (κ1) is 12.9. The summed E-state index contributed by atoms with van der Waals surface area (Å²) in [6.45, 7) is 2.75. The van der Waals surface area contributed by atoms with Gasteiger partial charge in [-0.3, -0.25) is 4.79 Å². The smallest absolute Gasteiger partial charge is 0.303 e. The molecule has 0 radical (unpaired) electrons. The number of rotatable bonds is 4. The zero-order chi connectivity index (χ0) is 12.5. The van der Waals surface area contributed by atoms with Crippen LogP contribution in [0.4, 0.5) is 0 Å². The van der Waals surface area contributed by atoms with Crippen LogP contribution in [0.25, 0.3) is 0 Å². The molecule has 98 valence electrons. The second-order valence-corrected chi connectivity index (χ2v) is 6.07. The lowest BCUT2D eigenvalue weighted by Gasteiger charge is -2.43. The minimum Gasteiger partial charge on any atom is -0.481 e. The molecule has 0 unspecified atom stereocenters. The monoisotopic (exact) mass is 239 g/mol. The molecule has 3 N–H and O–H groups in total. The molecule has 0 spiro atoms. The largest absolute Gasteiger partial charge is 0.481 e. The number of carboxylic acids is 1. The molecule has 3 aliphatic carbocycles. The Morgan fingerprint density at radius 2 is 2.00 bits per heavy atom. The van der Waals surface area contributed by atoms with E-state index in [1.807, 2.05) is 0 Å². The van der Waals surface area contributed by atoms with Gasteiger partial charge >= 0.3 is 5.97 Å². The summed E-state index contributed by atoms with van der Waals surface area (Å²) in [5.41, 5.74) is 5.92. The summed E-state index contributed by atoms with van der Waals surface area (Å²) in [5, 5.41) is 9.24. The Kier molecular flexibility index (Phi) is 3.76. The molecule has 2 atom stereocenters. The van der Waals surface area contributed by atoms with Crippen LogP contribution in [0.5, 0.6) is 0 Å². The van der Waals surface area contributed by atoms with E-state index in [1.165, 1.54) is 32.1 Å². The standard InChI is InChI=1S/C14H25NO2/c1-2-11-7-10-3-5-12(6-4-10)14(11,9-15)8-13(16)17/h10-12H,2-9,15H2,1H3,(H,16,17)/t10?,11-,12?,14-/m1/s1. The molecule has 0 aromatic rings. The van der Waals surface area contributed by atoms with E-state index in [2.05, 4.69) is 6.92 Å². The van der Waals surface area contributed by atoms with Crippen molar-refractivity contribution in [2.45, 2.75) is 51.9 Å². The Morgan fingerprint density at radius 1 is 1.35 bits per heavy atom. The SMILES string of the molecule is CC[C@@H]1CC2CCC(CC2)[C@@]1(CN)CC(=O)O. The second kappa shape index (κ2) is 4.97. The average Bonchev–Trinajstić information content (AvgIpc) is 2.55. The molecule has 2 bridgehead atoms. The van der Waals surface area contributed by atoms with Crippen molar-refractivity contribution >= 4 is 5.97 Å². The summed E-state index contributed by atoms with van der Waals surface area (Å²) in [6, 6.07) is 0. The minimum atomic E-state index is -0.667. The zero-order valence-corrected chi connectivity index (χ0v) is 10.8. The van der Waals surface area contributed by atoms with Crippen molar-refractivity contribution in [3.8, 4) is 0 Å². The molecule has 3 saturated carbocycles. The topological polar surface area (TPSA) is 63.3 Å². The van der Waals surface area contributed by atoms with Gasteiger partial charge in [-0.1, -0.05) is 26.2 Å². The van der Waals surface area contributed by atoms with Gasteiger partial charge in [-0.25, -0.2) is 0 Å². The highest BCUT2D eigenvalue weighted by Gasteiger charge is 2.49. The van der Waals surface area contributed by atoms with E-state index in [9.17, 15) is 9.90 Å². The van der Waals surface area contributed by atoms with Crippen LogP contribution in [0.1, 0.15) is 51.9 Å². The Labute approximate surface area is 104 Å². The summed E-state index contributed by atoms with van der Waals surface area (Å²) >= 11 is 0. The van der Waals surface area contributed by atoms with Gasteiger partial charge in [-0.15, -0.1) is 0 Å². The molecule has 0 amide bonds. The van der Waals surface area contributed by atoms with Crippen LogP contribution in [-0.2, 0) is 4.79 Å². The zero-order valence-electron chi connectivity index (χ0n) is 10.8. The fourth-order valence-corrected chi connectivity index (χ4v) is 4.49. The number of carboxylic acid groups (broad SMARTS) is 1. The number of aliphatic carboxylic acids is 1. The van der Waals surface area contributed by atoms with Gasteiger partial charge in [0, 0.05) is 0 Å². The molecule has 0 saturated heterocycles. The molecule has 0 aromatic heterocycles. The van der Waals surface area contributed by atoms with Crippen LogP contribution < -0.4 is 5.73 Å². The summed E-state index contributed by atoms with van der Waals surface area (Å²) in [6.07, 6.45) is 7.55. The van der Waals surface area contributed by atoms with Gasteiger partial charge in [-0.2, -0.15) is 0 Å². The highest BCUT2D eigenvalue weighted by atomic mass is 16.4. The molecule has 3 aliphatic rings. The van der Waals surface area contributed by atoms with Gasteiger partial charge in [0.2, 0.25) is 0 Å². The first-order valence-electron chi connectivity index (χ1n) is 7.04. The highest BCUT2D eigenvalue weighted by Crippen LogP contribution is 2.54. The van der Waals surface area contributed by atoms with Gasteiger partial charge in [0.1, 0.15) is 0 Å². The lowest BCUT2D eigenvalue weighted by molar-refractivity contribution is -0.142. The fraction of sp³-hybridized carbons (Fsp3) is 0.929. The molecule has 3 fully saturated rings. The highest BCUT2D eigenvalue weighted by molar-refractivity contribution is 5.68. The molecular formula is C14H25NO2. The number of hydrogen-bond donors (Lipinski definition) is 2. The van der Waals surface area contributed by atoms with E-state index in [0.29, 0.717) is 18.4 Å². The quantitative estimate of drug-likeness (QED) is 0.792. The first-order valence-corrected chi connectivity index (χ1v) is 7.04. The number of carbonyl (C=O) groups is 1. The number of hydrogen-bond acceptors (Lipinski definition) is 2. The van der Waals surface area contributed by atoms with E-state index < -0.39 is 5.97 Å². The van der Waals surface area contributed by atoms with Crippen LogP contribution >= 0.6 is 0 Å². The van der Waals surface area contributed by atoms with E-state index in [0.717, 1.165) is 12.3 Å². The second-order valence-electron chi connectivity index (χ2n) is 6.07. The lowest BCUT2D eigenvalue weighted by atomic mass is 9.62. The molecular weight excluding hydrogens is 214 g/mol. The predicted molar refractivity (Wildman–Crippen MR) is 67.6 cm³/mol. The van der Waals surface area contributed by atoms with Crippen LogP contribution in [0.2, 0.25) is 0 Å². The molecule has 3 nitrogen and oxygen atoms in total. The Hall–Kier alpha value is -0.570. The maximum Gasteiger partial charge on any atom is 0.303 e. The number of fused-ring (bicyclic) bond motifs is 4. The third-order valence-electron chi connectivity index (χ3n) is 5.44. The summed E-state index contributed by atoms with van der Waals surface area (Å²) in [4.78, 5) is 11.2. The number of nitrogens with two attached hydrogens (primary N) is 1. The molecule has 3 rings (SSSR count).